The number of aryl methyl sites for hydroxylation is 1. The van der Waals surface area contributed by atoms with Crippen LogP contribution in [0.25, 0.3) is 5.57 Å². The van der Waals surface area contributed by atoms with Crippen LogP contribution in [0.1, 0.15) is 44.7 Å². The first kappa shape index (κ1) is 11.0. The predicted molar refractivity (Wildman–Crippen MR) is 64.4 cm³/mol. The van der Waals surface area contributed by atoms with Crippen molar-refractivity contribution in [1.29, 1.82) is 0 Å². The van der Waals surface area contributed by atoms with E-state index in [2.05, 4.69) is 52.0 Å². The number of allylic oxidation sites excluding steroid dienone is 2. The fourth-order valence-corrected chi connectivity index (χ4v) is 1.72. The third kappa shape index (κ3) is 2.47. The van der Waals surface area contributed by atoms with Crippen LogP contribution in [0.2, 0.25) is 0 Å². The first-order valence-electron chi connectivity index (χ1n) is 5.44. The molecule has 1 rings (SSSR count). The maximum absolute atomic E-state index is 2.23. The van der Waals surface area contributed by atoms with Crippen molar-refractivity contribution in [2.45, 2.75) is 40.5 Å². The zero-order chi connectivity index (χ0) is 10.6. The lowest BCUT2D eigenvalue weighted by molar-refractivity contribution is 1.07. The van der Waals surface area contributed by atoms with Gasteiger partial charge >= 0.3 is 0 Å². The van der Waals surface area contributed by atoms with E-state index in [4.69, 9.17) is 0 Å². The summed E-state index contributed by atoms with van der Waals surface area (Å²) in [6, 6.07) is 8.84. The Balaban J connectivity index is 3.08. The van der Waals surface area contributed by atoms with Gasteiger partial charge < -0.3 is 0 Å². The molecule has 0 aliphatic heterocycles. The zero-order valence-electron chi connectivity index (χ0n) is 9.72. The summed E-state index contributed by atoms with van der Waals surface area (Å²) in [6.45, 7) is 8.82. The average Bonchev–Trinajstić information content (AvgIpc) is 2.21. The molecule has 76 valence electrons. The Morgan fingerprint density at radius 1 is 1.00 bits per heavy atom. The molecule has 0 aromatic heterocycles. The van der Waals surface area contributed by atoms with Gasteiger partial charge in [0.05, 0.1) is 0 Å². The second kappa shape index (κ2) is 4.99. The summed E-state index contributed by atoms with van der Waals surface area (Å²) in [5, 5.41) is 0. The topological polar surface area (TPSA) is 0 Å². The van der Waals surface area contributed by atoms with Crippen LogP contribution in [-0.4, -0.2) is 0 Å². The average molecular weight is 188 g/mol. The van der Waals surface area contributed by atoms with Gasteiger partial charge in [-0.25, -0.2) is 0 Å². The molecule has 14 heavy (non-hydrogen) atoms. The molecule has 0 atom stereocenters. The Labute approximate surface area is 87.7 Å². The molecule has 1 aromatic rings. The number of hydrogen-bond acceptors (Lipinski definition) is 0. The van der Waals surface area contributed by atoms with Crippen LogP contribution in [0.15, 0.2) is 29.8 Å². The van der Waals surface area contributed by atoms with E-state index in [1.54, 1.807) is 0 Å². The molecule has 0 nitrogen and oxygen atoms in total. The van der Waals surface area contributed by atoms with E-state index in [-0.39, 0.29) is 0 Å². The number of rotatable bonds is 3. The van der Waals surface area contributed by atoms with Gasteiger partial charge in [-0.1, -0.05) is 49.2 Å². The molecule has 0 N–H and O–H groups in total. The largest absolute Gasteiger partial charge is 0.0698 e. The second-order valence-electron chi connectivity index (χ2n) is 3.83. The Morgan fingerprint density at radius 3 is 2.00 bits per heavy atom. The molecule has 0 spiro atoms. The predicted octanol–water partition coefficient (Wildman–Crippen LogP) is 4.59. The van der Waals surface area contributed by atoms with Gasteiger partial charge in [-0.15, -0.1) is 0 Å². The fraction of sp³-hybridized carbons (Fsp3) is 0.429. The van der Waals surface area contributed by atoms with E-state index < -0.39 is 0 Å². The van der Waals surface area contributed by atoms with Crippen molar-refractivity contribution in [3.8, 4) is 0 Å². The maximum atomic E-state index is 2.23. The minimum absolute atomic E-state index is 1.13. The molecular weight excluding hydrogens is 168 g/mol. The Bertz CT molecular complexity index is 314. The van der Waals surface area contributed by atoms with Crippen molar-refractivity contribution < 1.29 is 0 Å². The third-order valence-electron chi connectivity index (χ3n) is 2.80. The van der Waals surface area contributed by atoms with Gasteiger partial charge in [0.25, 0.3) is 0 Å². The first-order valence-corrected chi connectivity index (χ1v) is 5.44. The highest BCUT2D eigenvalue weighted by molar-refractivity contribution is 5.68. The molecule has 0 heteroatoms. The van der Waals surface area contributed by atoms with Gasteiger partial charge in [-0.2, -0.15) is 0 Å². The van der Waals surface area contributed by atoms with Crippen molar-refractivity contribution in [1.82, 2.24) is 0 Å². The van der Waals surface area contributed by atoms with Crippen LogP contribution < -0.4 is 0 Å². The zero-order valence-corrected chi connectivity index (χ0v) is 9.72. The molecular formula is C14H20. The van der Waals surface area contributed by atoms with Crippen LogP contribution >= 0.6 is 0 Å². The summed E-state index contributed by atoms with van der Waals surface area (Å²) in [4.78, 5) is 0. The maximum Gasteiger partial charge on any atom is -0.0225 e. The lowest BCUT2D eigenvalue weighted by atomic mass is 9.96. The summed E-state index contributed by atoms with van der Waals surface area (Å²) in [5.74, 6) is 0. The smallest absolute Gasteiger partial charge is 0.0225 e. The van der Waals surface area contributed by atoms with Crippen LogP contribution in [0.5, 0.6) is 0 Å². The summed E-state index contributed by atoms with van der Waals surface area (Å²) >= 11 is 0. The van der Waals surface area contributed by atoms with Gasteiger partial charge in [0.1, 0.15) is 0 Å². The SMILES string of the molecule is CC/C(C)=C(/CC)c1ccc(C)cc1. The van der Waals surface area contributed by atoms with Gasteiger partial charge in [-0.05, 0) is 37.8 Å². The van der Waals surface area contributed by atoms with Crippen LogP contribution in [0.4, 0.5) is 0 Å². The molecule has 0 amide bonds. The lowest BCUT2D eigenvalue weighted by Crippen LogP contribution is -1.87. The van der Waals surface area contributed by atoms with E-state index in [0.29, 0.717) is 0 Å². The Hall–Kier alpha value is -1.04. The standard InChI is InChI=1S/C14H20/c1-5-12(4)14(6-2)13-9-7-11(3)8-10-13/h7-10H,5-6H2,1-4H3/b14-12-. The molecule has 1 aromatic carbocycles. The molecule has 0 bridgehead atoms. The van der Waals surface area contributed by atoms with Crippen LogP contribution in [-0.2, 0) is 0 Å². The monoisotopic (exact) mass is 188 g/mol. The van der Waals surface area contributed by atoms with Gasteiger partial charge in [0.2, 0.25) is 0 Å². The second-order valence-corrected chi connectivity index (χ2v) is 3.83. The molecule has 0 saturated carbocycles. The summed E-state index contributed by atoms with van der Waals surface area (Å²) in [7, 11) is 0. The van der Waals surface area contributed by atoms with Crippen molar-refractivity contribution >= 4 is 5.57 Å². The molecule has 0 fully saturated rings. The first-order chi connectivity index (χ1) is 6.69. The highest BCUT2D eigenvalue weighted by atomic mass is 14.1. The van der Waals surface area contributed by atoms with Crippen molar-refractivity contribution in [3.63, 3.8) is 0 Å². The highest BCUT2D eigenvalue weighted by Gasteiger charge is 2.01. The summed E-state index contributed by atoms with van der Waals surface area (Å²) < 4.78 is 0. The molecule has 0 aliphatic carbocycles. The van der Waals surface area contributed by atoms with Crippen LogP contribution in [0.3, 0.4) is 0 Å². The minimum Gasteiger partial charge on any atom is -0.0698 e. The number of hydrogen-bond donors (Lipinski definition) is 0. The highest BCUT2D eigenvalue weighted by Crippen LogP contribution is 2.23. The third-order valence-corrected chi connectivity index (χ3v) is 2.80. The van der Waals surface area contributed by atoms with E-state index in [9.17, 15) is 0 Å². The summed E-state index contributed by atoms with van der Waals surface area (Å²) in [5.41, 5.74) is 5.74. The van der Waals surface area contributed by atoms with Crippen molar-refractivity contribution in [2.75, 3.05) is 0 Å². The van der Waals surface area contributed by atoms with Crippen molar-refractivity contribution in [3.05, 3.63) is 41.0 Å². The number of benzene rings is 1. The normalized spacial score (nSPS) is 12.6. The van der Waals surface area contributed by atoms with Crippen molar-refractivity contribution in [2.24, 2.45) is 0 Å². The van der Waals surface area contributed by atoms with Gasteiger partial charge in [0.15, 0.2) is 0 Å². The molecule has 0 unspecified atom stereocenters. The molecule has 0 radical (unpaired) electrons. The molecule has 0 saturated heterocycles. The summed E-state index contributed by atoms with van der Waals surface area (Å²) in [6.07, 6.45) is 2.28. The van der Waals surface area contributed by atoms with Crippen LogP contribution in [0, 0.1) is 6.92 Å². The Kier molecular flexibility index (Phi) is 3.94. The lowest BCUT2D eigenvalue weighted by Gasteiger charge is -2.09. The molecule has 0 aliphatic rings. The van der Waals surface area contributed by atoms with Gasteiger partial charge in [0, 0.05) is 0 Å². The fourth-order valence-electron chi connectivity index (χ4n) is 1.72. The Morgan fingerprint density at radius 2 is 1.57 bits per heavy atom. The van der Waals surface area contributed by atoms with E-state index in [1.165, 1.54) is 22.3 Å². The van der Waals surface area contributed by atoms with E-state index in [0.717, 1.165) is 12.8 Å². The quantitative estimate of drug-likeness (QED) is 0.651. The van der Waals surface area contributed by atoms with E-state index >= 15 is 0 Å². The van der Waals surface area contributed by atoms with E-state index in [1.807, 2.05) is 0 Å². The minimum atomic E-state index is 1.13. The molecule has 0 heterocycles. The van der Waals surface area contributed by atoms with Gasteiger partial charge in [-0.3, -0.25) is 0 Å².